The number of rotatable bonds is 5. The molecule has 0 bridgehead atoms. The molecule has 7 heteroatoms. The van der Waals surface area contributed by atoms with Crippen LogP contribution in [-0.2, 0) is 12.0 Å². The smallest absolute Gasteiger partial charge is 0.320 e. The second-order valence-corrected chi connectivity index (χ2v) is 7.40. The predicted octanol–water partition coefficient (Wildman–Crippen LogP) is 4.68. The SMILES string of the molecule is CCc1ccccc1NC(=O)NC1(c2nc(-c3cccnc3)no2)CCCCC1. The molecule has 2 aromatic heterocycles. The number of nitrogens with one attached hydrogen (secondary N) is 2. The first-order valence-electron chi connectivity index (χ1n) is 10.1. The Bertz CT molecular complexity index is 964. The number of anilines is 1. The first kappa shape index (κ1) is 19.1. The standard InChI is InChI=1S/C22H25N5O2/c1-2-16-9-4-5-11-18(16)24-21(28)26-22(12-6-3-7-13-22)20-25-19(27-29-20)17-10-8-14-23-15-17/h4-5,8-11,14-15H,2-3,6-7,12-13H2,1H3,(H2,24,26,28). The molecule has 2 heterocycles. The Morgan fingerprint density at radius 3 is 2.72 bits per heavy atom. The average molecular weight is 391 g/mol. The maximum atomic E-state index is 12.9. The van der Waals surface area contributed by atoms with Gasteiger partial charge in [0, 0.05) is 23.6 Å². The van der Waals surface area contributed by atoms with Gasteiger partial charge in [0.05, 0.1) is 0 Å². The Kier molecular flexibility index (Phi) is 5.55. The summed E-state index contributed by atoms with van der Waals surface area (Å²) in [5, 5.41) is 10.3. The minimum Gasteiger partial charge on any atom is -0.336 e. The van der Waals surface area contributed by atoms with Crippen molar-refractivity contribution in [1.82, 2.24) is 20.4 Å². The minimum absolute atomic E-state index is 0.256. The molecule has 1 fully saturated rings. The van der Waals surface area contributed by atoms with Crippen molar-refractivity contribution in [3.05, 3.63) is 60.2 Å². The highest BCUT2D eigenvalue weighted by Crippen LogP contribution is 2.37. The van der Waals surface area contributed by atoms with Crippen molar-refractivity contribution in [1.29, 1.82) is 0 Å². The molecular formula is C22H25N5O2. The van der Waals surface area contributed by atoms with E-state index in [0.29, 0.717) is 11.7 Å². The second kappa shape index (κ2) is 8.43. The van der Waals surface area contributed by atoms with E-state index in [-0.39, 0.29) is 6.03 Å². The monoisotopic (exact) mass is 391 g/mol. The number of carbonyl (C=O) groups excluding carboxylic acids is 1. The Balaban J connectivity index is 1.57. The molecule has 1 saturated carbocycles. The molecule has 3 aromatic rings. The van der Waals surface area contributed by atoms with E-state index in [1.807, 2.05) is 36.4 Å². The summed E-state index contributed by atoms with van der Waals surface area (Å²) in [5.74, 6) is 0.937. The third kappa shape index (κ3) is 4.13. The molecule has 1 aliphatic rings. The van der Waals surface area contributed by atoms with Crippen LogP contribution in [0.25, 0.3) is 11.4 Å². The molecule has 0 radical (unpaired) electrons. The molecule has 4 rings (SSSR count). The van der Waals surface area contributed by atoms with Crippen LogP contribution >= 0.6 is 0 Å². The molecule has 1 aliphatic carbocycles. The van der Waals surface area contributed by atoms with Crippen LogP contribution < -0.4 is 10.6 Å². The van der Waals surface area contributed by atoms with E-state index in [2.05, 4.69) is 32.7 Å². The molecule has 2 amide bonds. The fraction of sp³-hybridized carbons (Fsp3) is 0.364. The maximum Gasteiger partial charge on any atom is 0.320 e. The zero-order valence-electron chi connectivity index (χ0n) is 16.5. The first-order valence-corrected chi connectivity index (χ1v) is 10.1. The van der Waals surface area contributed by atoms with Gasteiger partial charge in [0.25, 0.3) is 5.89 Å². The summed E-state index contributed by atoms with van der Waals surface area (Å²) in [5.41, 5.74) is 2.04. The number of hydrogen-bond donors (Lipinski definition) is 2. The van der Waals surface area contributed by atoms with Crippen LogP contribution in [0.3, 0.4) is 0 Å². The Morgan fingerprint density at radius 2 is 1.97 bits per heavy atom. The van der Waals surface area contributed by atoms with Crippen LogP contribution in [0.4, 0.5) is 10.5 Å². The van der Waals surface area contributed by atoms with Crippen molar-refractivity contribution in [2.45, 2.75) is 51.0 Å². The molecule has 0 spiro atoms. The number of hydrogen-bond acceptors (Lipinski definition) is 5. The summed E-state index contributed by atoms with van der Waals surface area (Å²) in [6.45, 7) is 2.07. The summed E-state index contributed by atoms with van der Waals surface area (Å²) in [6, 6.07) is 11.3. The van der Waals surface area contributed by atoms with E-state index < -0.39 is 5.54 Å². The fourth-order valence-corrected chi connectivity index (χ4v) is 3.90. The van der Waals surface area contributed by atoms with Gasteiger partial charge in [0.1, 0.15) is 5.54 Å². The van der Waals surface area contributed by atoms with E-state index in [9.17, 15) is 4.79 Å². The highest BCUT2D eigenvalue weighted by atomic mass is 16.5. The quantitative estimate of drug-likeness (QED) is 0.659. The number of benzene rings is 1. The number of amides is 2. The fourth-order valence-electron chi connectivity index (χ4n) is 3.90. The van der Waals surface area contributed by atoms with Gasteiger partial charge in [-0.05, 0) is 43.0 Å². The zero-order chi connectivity index (χ0) is 20.1. The second-order valence-electron chi connectivity index (χ2n) is 7.40. The van der Waals surface area contributed by atoms with Crippen LogP contribution in [0.15, 0.2) is 53.3 Å². The molecule has 150 valence electrons. The highest BCUT2D eigenvalue weighted by molar-refractivity contribution is 5.90. The van der Waals surface area contributed by atoms with E-state index >= 15 is 0 Å². The van der Waals surface area contributed by atoms with E-state index in [0.717, 1.165) is 55.3 Å². The van der Waals surface area contributed by atoms with Gasteiger partial charge >= 0.3 is 6.03 Å². The third-order valence-electron chi connectivity index (χ3n) is 5.46. The summed E-state index contributed by atoms with van der Waals surface area (Å²) in [6.07, 6.45) is 8.91. The normalized spacial score (nSPS) is 15.6. The number of para-hydroxylation sites is 1. The minimum atomic E-state index is -0.656. The van der Waals surface area contributed by atoms with Crippen molar-refractivity contribution in [3.8, 4) is 11.4 Å². The molecule has 0 saturated heterocycles. The molecule has 7 nitrogen and oxygen atoms in total. The Morgan fingerprint density at radius 1 is 1.14 bits per heavy atom. The van der Waals surface area contributed by atoms with Crippen molar-refractivity contribution < 1.29 is 9.32 Å². The van der Waals surface area contributed by atoms with Gasteiger partial charge in [-0.25, -0.2) is 4.79 Å². The van der Waals surface area contributed by atoms with Gasteiger partial charge in [-0.2, -0.15) is 4.98 Å². The van der Waals surface area contributed by atoms with Gasteiger partial charge in [-0.1, -0.05) is 49.5 Å². The molecule has 2 N–H and O–H groups in total. The van der Waals surface area contributed by atoms with Gasteiger partial charge in [-0.15, -0.1) is 0 Å². The number of carbonyl (C=O) groups is 1. The van der Waals surface area contributed by atoms with Gasteiger partial charge in [0.15, 0.2) is 0 Å². The van der Waals surface area contributed by atoms with Crippen LogP contribution in [0.2, 0.25) is 0 Å². The number of pyridine rings is 1. The number of nitrogens with zero attached hydrogens (tertiary/aromatic N) is 3. The van der Waals surface area contributed by atoms with Gasteiger partial charge in [0.2, 0.25) is 5.82 Å². The van der Waals surface area contributed by atoms with Crippen molar-refractivity contribution in [2.75, 3.05) is 5.32 Å². The van der Waals surface area contributed by atoms with E-state index in [1.165, 1.54) is 0 Å². The summed E-state index contributed by atoms with van der Waals surface area (Å²) >= 11 is 0. The molecule has 1 aromatic carbocycles. The molecule has 0 aliphatic heterocycles. The molecule has 0 unspecified atom stereocenters. The molecule has 0 atom stereocenters. The number of aromatic nitrogens is 3. The third-order valence-corrected chi connectivity index (χ3v) is 5.46. The summed E-state index contributed by atoms with van der Waals surface area (Å²) in [7, 11) is 0. The summed E-state index contributed by atoms with van der Waals surface area (Å²) in [4.78, 5) is 21.6. The van der Waals surface area contributed by atoms with Gasteiger partial charge in [-0.3, -0.25) is 4.98 Å². The maximum absolute atomic E-state index is 12.9. The van der Waals surface area contributed by atoms with Gasteiger partial charge < -0.3 is 15.2 Å². The van der Waals surface area contributed by atoms with Crippen LogP contribution in [0.5, 0.6) is 0 Å². The average Bonchev–Trinajstić information content (AvgIpc) is 3.26. The first-order chi connectivity index (χ1) is 14.2. The van der Waals surface area contributed by atoms with Crippen molar-refractivity contribution in [3.63, 3.8) is 0 Å². The molecular weight excluding hydrogens is 366 g/mol. The zero-order valence-corrected chi connectivity index (χ0v) is 16.5. The molecule has 29 heavy (non-hydrogen) atoms. The Labute approximate surface area is 169 Å². The highest BCUT2D eigenvalue weighted by Gasteiger charge is 2.41. The van der Waals surface area contributed by atoms with Crippen molar-refractivity contribution in [2.24, 2.45) is 0 Å². The number of aryl methyl sites for hydroxylation is 1. The summed E-state index contributed by atoms with van der Waals surface area (Å²) < 4.78 is 5.63. The van der Waals surface area contributed by atoms with Crippen molar-refractivity contribution >= 4 is 11.7 Å². The lowest BCUT2D eigenvalue weighted by Gasteiger charge is -2.34. The largest absolute Gasteiger partial charge is 0.336 e. The van der Waals surface area contributed by atoms with Crippen LogP contribution in [0, 0.1) is 0 Å². The topological polar surface area (TPSA) is 92.9 Å². The lowest BCUT2D eigenvalue weighted by Crippen LogP contribution is -2.49. The van der Waals surface area contributed by atoms with E-state index in [4.69, 9.17) is 4.52 Å². The van der Waals surface area contributed by atoms with Crippen LogP contribution in [0.1, 0.15) is 50.5 Å². The number of urea groups is 1. The Hall–Kier alpha value is -3.22. The van der Waals surface area contributed by atoms with Crippen LogP contribution in [-0.4, -0.2) is 21.2 Å². The predicted molar refractivity (Wildman–Crippen MR) is 110 cm³/mol. The van der Waals surface area contributed by atoms with E-state index in [1.54, 1.807) is 12.4 Å². The lowest BCUT2D eigenvalue weighted by atomic mass is 9.81. The lowest BCUT2D eigenvalue weighted by molar-refractivity contribution is 0.173.